The lowest BCUT2D eigenvalue weighted by atomic mass is 9.93. The Bertz CT molecular complexity index is 516. The smallest absolute Gasteiger partial charge is 0.225 e. The zero-order chi connectivity index (χ0) is 15.6. The van der Waals surface area contributed by atoms with Crippen molar-refractivity contribution in [2.75, 3.05) is 44.2 Å². The zero-order valence-corrected chi connectivity index (χ0v) is 14.2. The molecule has 1 aromatic heterocycles. The summed E-state index contributed by atoms with van der Waals surface area (Å²) in [5.74, 6) is 2.50. The molecule has 0 radical (unpaired) electrons. The number of hydrogen-bond donors (Lipinski definition) is 0. The van der Waals surface area contributed by atoms with Crippen LogP contribution < -0.4 is 4.90 Å². The molecule has 126 valence electrons. The number of hydrogen-bond acceptors (Lipinski definition) is 5. The van der Waals surface area contributed by atoms with E-state index in [0.717, 1.165) is 44.5 Å². The molecule has 3 heterocycles. The SMILES string of the molecule is CCc1cnc(N2CC[C@@H]3CN(CC4CC4)CCO[C@H]3C2)nc1. The van der Waals surface area contributed by atoms with Crippen LogP contribution in [0.5, 0.6) is 0 Å². The second kappa shape index (κ2) is 6.73. The van der Waals surface area contributed by atoms with Crippen LogP contribution in [-0.4, -0.2) is 60.3 Å². The zero-order valence-electron chi connectivity index (χ0n) is 14.2. The summed E-state index contributed by atoms with van der Waals surface area (Å²) in [7, 11) is 0. The molecule has 1 aromatic rings. The monoisotopic (exact) mass is 316 g/mol. The van der Waals surface area contributed by atoms with E-state index >= 15 is 0 Å². The lowest BCUT2D eigenvalue weighted by Gasteiger charge is -2.38. The number of anilines is 1. The third-order valence-electron chi connectivity index (χ3n) is 5.52. The second-order valence-electron chi connectivity index (χ2n) is 7.35. The molecule has 23 heavy (non-hydrogen) atoms. The van der Waals surface area contributed by atoms with Gasteiger partial charge in [0.2, 0.25) is 5.95 Å². The number of fused-ring (bicyclic) bond motifs is 1. The Morgan fingerprint density at radius 1 is 1.13 bits per heavy atom. The van der Waals surface area contributed by atoms with E-state index in [0.29, 0.717) is 12.0 Å². The van der Waals surface area contributed by atoms with Gasteiger partial charge in [-0.2, -0.15) is 0 Å². The van der Waals surface area contributed by atoms with Gasteiger partial charge in [0.1, 0.15) is 0 Å². The van der Waals surface area contributed by atoms with Crippen LogP contribution in [-0.2, 0) is 11.2 Å². The van der Waals surface area contributed by atoms with Crippen LogP contribution in [0, 0.1) is 11.8 Å². The number of rotatable bonds is 4. The highest BCUT2D eigenvalue weighted by molar-refractivity contribution is 5.31. The van der Waals surface area contributed by atoms with E-state index in [1.165, 1.54) is 37.9 Å². The minimum Gasteiger partial charge on any atom is -0.375 e. The fraction of sp³-hybridized carbons (Fsp3) is 0.778. The summed E-state index contributed by atoms with van der Waals surface area (Å²) in [6, 6.07) is 0. The highest BCUT2D eigenvalue weighted by atomic mass is 16.5. The molecule has 0 bridgehead atoms. The first-order valence-corrected chi connectivity index (χ1v) is 9.21. The number of piperidine rings is 1. The quantitative estimate of drug-likeness (QED) is 0.849. The van der Waals surface area contributed by atoms with Crippen LogP contribution in [0.1, 0.15) is 31.7 Å². The van der Waals surface area contributed by atoms with Gasteiger partial charge < -0.3 is 14.5 Å². The van der Waals surface area contributed by atoms with Gasteiger partial charge in [-0.25, -0.2) is 9.97 Å². The summed E-state index contributed by atoms with van der Waals surface area (Å²) in [6.45, 7) is 8.60. The van der Waals surface area contributed by atoms with E-state index in [9.17, 15) is 0 Å². The average Bonchev–Trinajstić information content (AvgIpc) is 3.41. The molecule has 4 rings (SSSR count). The van der Waals surface area contributed by atoms with Crippen molar-refractivity contribution in [2.45, 2.75) is 38.7 Å². The highest BCUT2D eigenvalue weighted by Gasteiger charge is 2.35. The highest BCUT2D eigenvalue weighted by Crippen LogP contribution is 2.32. The molecule has 3 fully saturated rings. The van der Waals surface area contributed by atoms with E-state index < -0.39 is 0 Å². The summed E-state index contributed by atoms with van der Waals surface area (Å²) in [6.07, 6.45) is 9.30. The van der Waals surface area contributed by atoms with Crippen molar-refractivity contribution >= 4 is 5.95 Å². The normalized spacial score (nSPS) is 29.2. The molecule has 2 saturated heterocycles. The van der Waals surface area contributed by atoms with E-state index in [2.05, 4.69) is 26.7 Å². The number of aryl methyl sites for hydroxylation is 1. The summed E-state index contributed by atoms with van der Waals surface area (Å²) in [5.41, 5.74) is 1.20. The molecule has 0 aromatic carbocycles. The van der Waals surface area contributed by atoms with Gasteiger partial charge in [-0.15, -0.1) is 0 Å². The van der Waals surface area contributed by atoms with E-state index in [-0.39, 0.29) is 0 Å². The van der Waals surface area contributed by atoms with Crippen molar-refractivity contribution < 1.29 is 4.74 Å². The number of nitrogens with zero attached hydrogens (tertiary/aromatic N) is 4. The fourth-order valence-corrected chi connectivity index (χ4v) is 3.83. The van der Waals surface area contributed by atoms with Crippen molar-refractivity contribution in [2.24, 2.45) is 11.8 Å². The summed E-state index contributed by atoms with van der Waals surface area (Å²) < 4.78 is 6.20. The van der Waals surface area contributed by atoms with Gasteiger partial charge in [0.15, 0.2) is 0 Å². The predicted octanol–water partition coefficient (Wildman–Crippen LogP) is 1.98. The van der Waals surface area contributed by atoms with E-state index in [1.807, 2.05) is 12.4 Å². The topological polar surface area (TPSA) is 41.5 Å². The van der Waals surface area contributed by atoms with Crippen LogP contribution in [0.15, 0.2) is 12.4 Å². The first kappa shape index (κ1) is 15.3. The van der Waals surface area contributed by atoms with E-state index in [1.54, 1.807) is 0 Å². The van der Waals surface area contributed by atoms with E-state index in [4.69, 9.17) is 4.74 Å². The standard InChI is InChI=1S/C18H28N4O/c1-2-14-9-19-18(20-10-14)22-6-5-16-12-21(11-15-3-4-15)7-8-23-17(16)13-22/h9-10,15-17H,2-8,11-13H2,1H3/t16-,17+/m1/s1. The number of ether oxygens (including phenoxy) is 1. The lowest BCUT2D eigenvalue weighted by Crippen LogP contribution is -2.47. The molecule has 0 N–H and O–H groups in total. The molecule has 1 aliphatic carbocycles. The van der Waals surface area contributed by atoms with Crippen molar-refractivity contribution in [3.05, 3.63) is 18.0 Å². The van der Waals surface area contributed by atoms with Gasteiger partial charge in [-0.3, -0.25) is 0 Å². The number of aromatic nitrogens is 2. The largest absolute Gasteiger partial charge is 0.375 e. The van der Waals surface area contributed by atoms with Crippen LogP contribution in [0.4, 0.5) is 5.95 Å². The molecular weight excluding hydrogens is 288 g/mol. The Labute approximate surface area is 139 Å². The minimum absolute atomic E-state index is 0.336. The fourth-order valence-electron chi connectivity index (χ4n) is 3.83. The minimum atomic E-state index is 0.336. The van der Waals surface area contributed by atoms with Crippen molar-refractivity contribution in [1.82, 2.24) is 14.9 Å². The molecule has 3 aliphatic rings. The van der Waals surface area contributed by atoms with Crippen LogP contribution in [0.3, 0.4) is 0 Å². The van der Waals surface area contributed by atoms with Gasteiger partial charge in [0.05, 0.1) is 12.7 Å². The summed E-state index contributed by atoms with van der Waals surface area (Å²) in [4.78, 5) is 14.0. The summed E-state index contributed by atoms with van der Waals surface area (Å²) >= 11 is 0. The van der Waals surface area contributed by atoms with Gasteiger partial charge >= 0.3 is 0 Å². The van der Waals surface area contributed by atoms with Crippen LogP contribution in [0.2, 0.25) is 0 Å². The lowest BCUT2D eigenvalue weighted by molar-refractivity contribution is 0.0249. The molecule has 1 saturated carbocycles. The summed E-state index contributed by atoms with van der Waals surface area (Å²) in [5, 5.41) is 0. The molecular formula is C18H28N4O. The Kier molecular flexibility index (Phi) is 4.49. The first-order valence-electron chi connectivity index (χ1n) is 9.21. The maximum Gasteiger partial charge on any atom is 0.225 e. The van der Waals surface area contributed by atoms with Crippen molar-refractivity contribution in [3.8, 4) is 0 Å². The Hall–Kier alpha value is -1.20. The van der Waals surface area contributed by atoms with Crippen molar-refractivity contribution in [3.63, 3.8) is 0 Å². The second-order valence-corrected chi connectivity index (χ2v) is 7.35. The maximum absolute atomic E-state index is 6.20. The molecule has 0 amide bonds. The Balaban J connectivity index is 1.38. The van der Waals surface area contributed by atoms with Gasteiger partial charge in [-0.05, 0) is 37.2 Å². The predicted molar refractivity (Wildman–Crippen MR) is 90.6 cm³/mol. The molecule has 0 unspecified atom stereocenters. The average molecular weight is 316 g/mol. The van der Waals surface area contributed by atoms with Gasteiger partial charge in [-0.1, -0.05) is 6.92 Å². The van der Waals surface area contributed by atoms with Gasteiger partial charge in [0, 0.05) is 51.0 Å². The molecule has 5 nitrogen and oxygen atoms in total. The third kappa shape index (κ3) is 3.66. The molecule has 5 heteroatoms. The molecule has 2 atom stereocenters. The molecule has 0 spiro atoms. The maximum atomic E-state index is 6.20. The Morgan fingerprint density at radius 3 is 2.70 bits per heavy atom. The van der Waals surface area contributed by atoms with Gasteiger partial charge in [0.25, 0.3) is 0 Å². The third-order valence-corrected chi connectivity index (χ3v) is 5.52. The first-order chi connectivity index (χ1) is 11.3. The Morgan fingerprint density at radius 2 is 1.96 bits per heavy atom. The molecule has 2 aliphatic heterocycles. The van der Waals surface area contributed by atoms with Crippen LogP contribution in [0.25, 0.3) is 0 Å². The van der Waals surface area contributed by atoms with Crippen LogP contribution >= 0.6 is 0 Å². The van der Waals surface area contributed by atoms with Crippen molar-refractivity contribution in [1.29, 1.82) is 0 Å².